The predicted octanol–water partition coefficient (Wildman–Crippen LogP) is 5.30. The summed E-state index contributed by atoms with van der Waals surface area (Å²) in [7, 11) is 1.29. The Morgan fingerprint density at radius 2 is 0.590 bits per heavy atom. The van der Waals surface area contributed by atoms with E-state index in [4.69, 9.17) is 4.42 Å². The SMILES string of the molecule is Bc1c(O)c(-c2c(O)c(O)c(O)c(O)c2O)c(O)c(O)c1-c1c2ccccc2c(-c2c(O)c(O)c(O)c3oc4c(O)c5c(O)c(O)c(O)c(O)c5c(O)c4c23)c2ccccc12. The minimum atomic E-state index is -1.33. The molecule has 0 amide bonds. The van der Waals surface area contributed by atoms with E-state index < -0.39 is 142 Å². The Balaban J connectivity index is 1.46. The average Bonchev–Trinajstić information content (AvgIpc) is 3.66. The van der Waals surface area contributed by atoms with Crippen LogP contribution in [0.2, 0.25) is 0 Å². The Morgan fingerprint density at radius 3 is 1.08 bits per heavy atom. The molecule has 0 saturated carbocycles. The summed E-state index contributed by atoms with van der Waals surface area (Å²) in [5.41, 5.74) is -3.86. The third-order valence-corrected chi connectivity index (χ3v) is 11.1. The second-order valence-electron chi connectivity index (χ2n) is 14.2. The molecule has 306 valence electrons. The maximum atomic E-state index is 11.8. The van der Waals surface area contributed by atoms with Crippen molar-refractivity contribution in [2.45, 2.75) is 0 Å². The molecular formula is C42H27BO18. The van der Waals surface area contributed by atoms with Crippen molar-refractivity contribution in [1.82, 2.24) is 0 Å². The van der Waals surface area contributed by atoms with E-state index in [0.717, 1.165) is 0 Å². The molecule has 0 aliphatic carbocycles. The van der Waals surface area contributed by atoms with Crippen LogP contribution in [0.5, 0.6) is 97.7 Å². The number of furan rings is 1. The summed E-state index contributed by atoms with van der Waals surface area (Å²) in [5, 5.41) is 184. The fraction of sp³-hybridized carbons (Fsp3) is 0. The number of aromatic hydroxyl groups is 17. The molecule has 9 aromatic rings. The van der Waals surface area contributed by atoms with E-state index in [2.05, 4.69) is 0 Å². The second-order valence-corrected chi connectivity index (χ2v) is 14.2. The molecule has 0 spiro atoms. The van der Waals surface area contributed by atoms with Gasteiger partial charge in [0.25, 0.3) is 0 Å². The first-order valence-corrected chi connectivity index (χ1v) is 17.6. The lowest BCUT2D eigenvalue weighted by molar-refractivity contribution is 0.329. The van der Waals surface area contributed by atoms with Crippen molar-refractivity contribution < 1.29 is 91.2 Å². The van der Waals surface area contributed by atoms with Crippen molar-refractivity contribution in [2.24, 2.45) is 0 Å². The smallest absolute Gasteiger partial charge is 0.208 e. The van der Waals surface area contributed by atoms with E-state index in [1.807, 2.05) is 0 Å². The van der Waals surface area contributed by atoms with E-state index in [-0.39, 0.29) is 49.3 Å². The van der Waals surface area contributed by atoms with Gasteiger partial charge >= 0.3 is 0 Å². The molecule has 0 aliphatic rings. The highest BCUT2D eigenvalue weighted by molar-refractivity contribution is 6.42. The lowest BCUT2D eigenvalue weighted by Crippen LogP contribution is -2.10. The molecule has 0 fully saturated rings. The molecule has 9 rings (SSSR count). The van der Waals surface area contributed by atoms with Gasteiger partial charge in [-0.1, -0.05) is 48.5 Å². The first kappa shape index (κ1) is 37.6. The molecule has 0 bridgehead atoms. The van der Waals surface area contributed by atoms with Crippen LogP contribution in [0.15, 0.2) is 52.9 Å². The molecule has 1 aromatic heterocycles. The van der Waals surface area contributed by atoms with E-state index in [1.54, 1.807) is 24.3 Å². The molecule has 0 unspecified atom stereocenters. The van der Waals surface area contributed by atoms with Crippen molar-refractivity contribution in [3.05, 3.63) is 48.5 Å². The third-order valence-electron chi connectivity index (χ3n) is 11.1. The molecule has 1 heterocycles. The minimum Gasteiger partial charge on any atom is -0.508 e. The van der Waals surface area contributed by atoms with Crippen LogP contribution in [0.25, 0.3) is 87.6 Å². The first-order chi connectivity index (χ1) is 28.8. The van der Waals surface area contributed by atoms with Crippen LogP contribution in [0.4, 0.5) is 0 Å². The van der Waals surface area contributed by atoms with Crippen molar-refractivity contribution in [3.63, 3.8) is 0 Å². The van der Waals surface area contributed by atoms with Crippen LogP contribution in [-0.2, 0) is 0 Å². The van der Waals surface area contributed by atoms with Crippen LogP contribution in [0.3, 0.4) is 0 Å². The Hall–Kier alpha value is -9.00. The molecule has 17 N–H and O–H groups in total. The van der Waals surface area contributed by atoms with Crippen LogP contribution >= 0.6 is 0 Å². The summed E-state index contributed by atoms with van der Waals surface area (Å²) in [6.07, 6.45) is 0. The van der Waals surface area contributed by atoms with Gasteiger partial charge in [-0.2, -0.15) is 0 Å². The van der Waals surface area contributed by atoms with Crippen molar-refractivity contribution in [1.29, 1.82) is 0 Å². The van der Waals surface area contributed by atoms with Crippen LogP contribution in [0.1, 0.15) is 0 Å². The van der Waals surface area contributed by atoms with Gasteiger partial charge in [0.15, 0.2) is 57.2 Å². The standard InChI is InChI=1S/C42H27BO18/c43-23-17(27(47)28(48)19(25(23)45)20-30(50)36(56)39(59)37(57)31(20)51)14-11-7-3-1-5-9(11)13(10-6-2-4-8-12(10)14)15-16-22-24(44)18-21(32(52)35(55)34(54)29(18)49)33(53)42(22)61-41(16)40(60)38(58)26(15)46/h1-8,44-60H,43H2. The largest absolute Gasteiger partial charge is 0.508 e. The van der Waals surface area contributed by atoms with E-state index in [0.29, 0.717) is 0 Å². The molecule has 0 atom stereocenters. The molecular weight excluding hydrogens is 803 g/mol. The number of phenolic OH excluding ortho intramolecular Hbond substituents is 17. The van der Waals surface area contributed by atoms with Gasteiger partial charge in [-0.3, -0.25) is 0 Å². The monoisotopic (exact) mass is 830 g/mol. The molecule has 19 heteroatoms. The first-order valence-electron chi connectivity index (χ1n) is 17.6. The Labute approximate surface area is 337 Å². The summed E-state index contributed by atoms with van der Waals surface area (Å²) < 4.78 is 5.79. The van der Waals surface area contributed by atoms with Gasteiger partial charge in [-0.25, -0.2) is 0 Å². The molecule has 61 heavy (non-hydrogen) atoms. The summed E-state index contributed by atoms with van der Waals surface area (Å²) in [4.78, 5) is 0. The van der Waals surface area contributed by atoms with Crippen molar-refractivity contribution >= 4 is 67.6 Å². The predicted molar refractivity (Wildman–Crippen MR) is 219 cm³/mol. The number of rotatable bonds is 3. The number of benzene rings is 8. The van der Waals surface area contributed by atoms with Gasteiger partial charge in [0.2, 0.25) is 40.2 Å². The summed E-state index contributed by atoms with van der Waals surface area (Å²) in [6, 6.07) is 12.3. The topological polar surface area (TPSA) is 357 Å². The van der Waals surface area contributed by atoms with Gasteiger partial charge in [-0.05, 0) is 27.0 Å². The van der Waals surface area contributed by atoms with Crippen LogP contribution in [0, 0.1) is 0 Å². The zero-order valence-electron chi connectivity index (χ0n) is 30.6. The Bertz CT molecular complexity index is 3400. The highest BCUT2D eigenvalue weighted by Gasteiger charge is 2.36. The lowest BCUT2D eigenvalue weighted by Gasteiger charge is -2.23. The third kappa shape index (κ3) is 4.50. The van der Waals surface area contributed by atoms with Crippen molar-refractivity contribution in [3.8, 4) is 131 Å². The molecule has 8 aromatic carbocycles. The zero-order chi connectivity index (χ0) is 44.0. The Morgan fingerprint density at radius 1 is 0.262 bits per heavy atom. The normalized spacial score (nSPS) is 11.8. The van der Waals surface area contributed by atoms with Crippen molar-refractivity contribution in [2.75, 3.05) is 0 Å². The zero-order valence-corrected chi connectivity index (χ0v) is 30.6. The molecule has 0 radical (unpaired) electrons. The van der Waals surface area contributed by atoms with Gasteiger partial charge in [0.05, 0.1) is 27.3 Å². The maximum Gasteiger partial charge on any atom is 0.208 e. The lowest BCUT2D eigenvalue weighted by atomic mass is 9.77. The highest BCUT2D eigenvalue weighted by atomic mass is 16.4. The quantitative estimate of drug-likeness (QED) is 0.0464. The number of hydrogen-bond acceptors (Lipinski definition) is 18. The van der Waals surface area contributed by atoms with Crippen LogP contribution in [-0.4, -0.2) is 94.7 Å². The summed E-state index contributed by atoms with van der Waals surface area (Å²) in [6.45, 7) is 0. The van der Waals surface area contributed by atoms with Gasteiger partial charge in [0.1, 0.15) is 19.3 Å². The van der Waals surface area contributed by atoms with E-state index in [9.17, 15) is 86.8 Å². The summed E-state index contributed by atoms with van der Waals surface area (Å²) in [5.74, 6) is -19.7. The van der Waals surface area contributed by atoms with Gasteiger partial charge < -0.3 is 91.2 Å². The van der Waals surface area contributed by atoms with E-state index >= 15 is 0 Å². The number of hydrogen-bond donors (Lipinski definition) is 17. The number of phenols is 17. The summed E-state index contributed by atoms with van der Waals surface area (Å²) >= 11 is 0. The van der Waals surface area contributed by atoms with Gasteiger partial charge in [-0.15, -0.1) is 0 Å². The molecule has 0 aliphatic heterocycles. The fourth-order valence-corrected chi connectivity index (χ4v) is 8.29. The van der Waals surface area contributed by atoms with Crippen LogP contribution < -0.4 is 5.46 Å². The van der Waals surface area contributed by atoms with Gasteiger partial charge in [0, 0.05) is 27.6 Å². The number of fused-ring (bicyclic) bond motifs is 6. The maximum absolute atomic E-state index is 11.8. The highest BCUT2D eigenvalue weighted by Crippen LogP contribution is 2.63. The fourth-order valence-electron chi connectivity index (χ4n) is 8.29. The average molecular weight is 830 g/mol. The molecule has 0 saturated heterocycles. The molecule has 18 nitrogen and oxygen atoms in total. The minimum absolute atomic E-state index is 0.0298. The Kier molecular flexibility index (Phi) is 7.55. The van der Waals surface area contributed by atoms with E-state index in [1.165, 1.54) is 32.1 Å². The second kappa shape index (κ2) is 12.3.